The lowest BCUT2D eigenvalue weighted by molar-refractivity contribution is 0.0463. The third kappa shape index (κ3) is 3.91. The smallest absolute Gasteiger partial charge is 0.355 e. The molecule has 0 radical (unpaired) electrons. The van der Waals surface area contributed by atoms with Crippen LogP contribution in [0.4, 0.5) is 0 Å². The van der Waals surface area contributed by atoms with E-state index in [1.807, 2.05) is 0 Å². The third-order valence-electron chi connectivity index (χ3n) is 4.16. The fourth-order valence-corrected chi connectivity index (χ4v) is 2.92. The lowest BCUT2D eigenvalue weighted by Crippen LogP contribution is -2.09. The van der Waals surface area contributed by atoms with Gasteiger partial charge >= 0.3 is 5.97 Å². The van der Waals surface area contributed by atoms with Gasteiger partial charge in [0.05, 0.1) is 13.2 Å². The minimum absolute atomic E-state index is 0.0232. The molecule has 134 valence electrons. The summed E-state index contributed by atoms with van der Waals surface area (Å²) in [6.07, 6.45) is -0.676. The van der Waals surface area contributed by atoms with Gasteiger partial charge < -0.3 is 19.6 Å². The Hall–Kier alpha value is -2.60. The second-order valence-electron chi connectivity index (χ2n) is 6.00. The molecule has 0 aliphatic carbocycles. The summed E-state index contributed by atoms with van der Waals surface area (Å²) in [6, 6.07) is 5.00. The average Bonchev–Trinajstić information content (AvgIpc) is 2.86. The summed E-state index contributed by atoms with van der Waals surface area (Å²) in [5.41, 5.74) is 3.55. The normalized spacial score (nSPS) is 11.9. The number of rotatable bonds is 6. The van der Waals surface area contributed by atoms with E-state index in [-0.39, 0.29) is 12.4 Å². The Morgan fingerprint density at radius 3 is 2.48 bits per heavy atom. The van der Waals surface area contributed by atoms with E-state index in [0.29, 0.717) is 33.7 Å². The number of esters is 1. The van der Waals surface area contributed by atoms with Crippen molar-refractivity contribution in [2.45, 2.75) is 40.4 Å². The molecule has 2 aromatic rings. The van der Waals surface area contributed by atoms with Crippen LogP contribution in [0.2, 0.25) is 0 Å². The average molecular weight is 345 g/mol. The molecule has 6 heteroatoms. The first kappa shape index (κ1) is 18.7. The Morgan fingerprint density at radius 2 is 1.96 bits per heavy atom. The van der Waals surface area contributed by atoms with Crippen molar-refractivity contribution in [3.63, 3.8) is 0 Å². The SMILES string of the molecule is COc1ccc(C(C)=O)cc1COC(=O)c1[nH]c(C)c([C@@H](C)O)c1C. The van der Waals surface area contributed by atoms with Crippen LogP contribution in [0.5, 0.6) is 5.75 Å². The van der Waals surface area contributed by atoms with Crippen molar-refractivity contribution in [2.24, 2.45) is 0 Å². The number of ketones is 1. The van der Waals surface area contributed by atoms with Gasteiger partial charge in [-0.1, -0.05) is 0 Å². The zero-order chi connectivity index (χ0) is 18.7. The van der Waals surface area contributed by atoms with E-state index in [1.165, 1.54) is 14.0 Å². The molecule has 0 fully saturated rings. The molecule has 1 aromatic heterocycles. The predicted octanol–water partition coefficient (Wildman–Crippen LogP) is 3.25. The van der Waals surface area contributed by atoms with E-state index in [9.17, 15) is 14.7 Å². The Kier molecular flexibility index (Phi) is 5.64. The Balaban J connectivity index is 2.22. The number of hydrogen-bond acceptors (Lipinski definition) is 5. The summed E-state index contributed by atoms with van der Waals surface area (Å²) in [4.78, 5) is 26.9. The first-order chi connectivity index (χ1) is 11.8. The van der Waals surface area contributed by atoms with Crippen LogP contribution < -0.4 is 4.74 Å². The maximum absolute atomic E-state index is 12.4. The third-order valence-corrected chi connectivity index (χ3v) is 4.16. The lowest BCUT2D eigenvalue weighted by Gasteiger charge is -2.11. The summed E-state index contributed by atoms with van der Waals surface area (Å²) < 4.78 is 10.6. The van der Waals surface area contributed by atoms with E-state index in [4.69, 9.17) is 9.47 Å². The molecule has 0 bridgehead atoms. The van der Waals surface area contributed by atoms with E-state index in [0.717, 1.165) is 5.69 Å². The fraction of sp³-hybridized carbons (Fsp3) is 0.368. The maximum Gasteiger partial charge on any atom is 0.355 e. The van der Waals surface area contributed by atoms with E-state index >= 15 is 0 Å². The van der Waals surface area contributed by atoms with Crippen molar-refractivity contribution < 1.29 is 24.2 Å². The number of aliphatic hydroxyl groups excluding tert-OH is 1. The summed E-state index contributed by atoms with van der Waals surface area (Å²) in [7, 11) is 1.52. The largest absolute Gasteiger partial charge is 0.496 e. The number of aryl methyl sites for hydroxylation is 1. The number of benzene rings is 1. The van der Waals surface area contributed by atoms with Gasteiger partial charge in [0.15, 0.2) is 5.78 Å². The van der Waals surface area contributed by atoms with Gasteiger partial charge in [0.25, 0.3) is 0 Å². The van der Waals surface area contributed by atoms with Crippen LogP contribution in [-0.2, 0) is 11.3 Å². The molecular formula is C19H23NO5. The number of nitrogens with one attached hydrogen (secondary N) is 1. The van der Waals surface area contributed by atoms with Crippen molar-refractivity contribution in [3.05, 3.63) is 51.8 Å². The molecule has 0 amide bonds. The van der Waals surface area contributed by atoms with Gasteiger partial charge in [0.1, 0.15) is 18.1 Å². The van der Waals surface area contributed by atoms with Gasteiger partial charge in [-0.2, -0.15) is 0 Å². The zero-order valence-corrected chi connectivity index (χ0v) is 15.1. The standard InChI is InChI=1S/C19H23NO5/c1-10-17(13(4)22)11(2)20-18(10)19(23)25-9-15-8-14(12(3)21)6-7-16(15)24-5/h6-8,13,20,22H,9H2,1-5H3/t13-/m1/s1. The van der Waals surface area contributed by atoms with Gasteiger partial charge in [-0.25, -0.2) is 4.79 Å². The van der Waals surface area contributed by atoms with Crippen LogP contribution in [0.15, 0.2) is 18.2 Å². The van der Waals surface area contributed by atoms with E-state index in [1.54, 1.807) is 39.0 Å². The van der Waals surface area contributed by atoms with Gasteiger partial charge in [-0.3, -0.25) is 4.79 Å². The summed E-state index contributed by atoms with van der Waals surface area (Å²) in [5, 5.41) is 9.82. The quantitative estimate of drug-likeness (QED) is 0.620. The summed E-state index contributed by atoms with van der Waals surface area (Å²) in [5.74, 6) is -0.0581. The number of H-pyrrole nitrogens is 1. The van der Waals surface area contributed by atoms with Crippen molar-refractivity contribution in [1.82, 2.24) is 4.98 Å². The molecule has 0 saturated heterocycles. The minimum atomic E-state index is -0.676. The number of ether oxygens (including phenoxy) is 2. The predicted molar refractivity (Wildman–Crippen MR) is 93.0 cm³/mol. The van der Waals surface area contributed by atoms with Crippen LogP contribution in [0.1, 0.15) is 63.2 Å². The fourth-order valence-electron chi connectivity index (χ4n) is 2.92. The van der Waals surface area contributed by atoms with Crippen LogP contribution in [0.3, 0.4) is 0 Å². The topological polar surface area (TPSA) is 88.6 Å². The molecular weight excluding hydrogens is 322 g/mol. The molecule has 1 aromatic carbocycles. The second kappa shape index (κ2) is 7.53. The number of aromatic amines is 1. The number of carbonyl (C=O) groups excluding carboxylic acids is 2. The van der Waals surface area contributed by atoms with Crippen molar-refractivity contribution in [2.75, 3.05) is 7.11 Å². The molecule has 0 aliphatic rings. The highest BCUT2D eigenvalue weighted by molar-refractivity contribution is 5.94. The Labute approximate surface area is 146 Å². The molecule has 6 nitrogen and oxygen atoms in total. The van der Waals surface area contributed by atoms with Crippen LogP contribution in [-0.4, -0.2) is 29.0 Å². The maximum atomic E-state index is 12.4. The molecule has 2 N–H and O–H groups in total. The molecule has 2 rings (SSSR count). The van der Waals surface area contributed by atoms with Gasteiger partial charge in [0.2, 0.25) is 0 Å². The highest BCUT2D eigenvalue weighted by Crippen LogP contribution is 2.26. The Morgan fingerprint density at radius 1 is 1.28 bits per heavy atom. The van der Waals surface area contributed by atoms with Crippen molar-refractivity contribution in [3.8, 4) is 5.75 Å². The molecule has 1 atom stereocenters. The van der Waals surface area contributed by atoms with Gasteiger partial charge in [-0.15, -0.1) is 0 Å². The highest BCUT2D eigenvalue weighted by Gasteiger charge is 2.21. The first-order valence-electron chi connectivity index (χ1n) is 7.98. The summed E-state index contributed by atoms with van der Waals surface area (Å²) >= 11 is 0. The monoisotopic (exact) mass is 345 g/mol. The number of Topliss-reactive ketones (excluding diaryl/α,β-unsaturated/α-hetero) is 1. The number of aromatic nitrogens is 1. The van der Waals surface area contributed by atoms with E-state index in [2.05, 4.69) is 4.98 Å². The van der Waals surface area contributed by atoms with Crippen molar-refractivity contribution >= 4 is 11.8 Å². The summed E-state index contributed by atoms with van der Waals surface area (Å²) in [6.45, 7) is 6.66. The van der Waals surface area contributed by atoms with Gasteiger partial charge in [0, 0.05) is 22.4 Å². The number of methoxy groups -OCH3 is 1. The molecule has 1 heterocycles. The number of hydrogen-bond donors (Lipinski definition) is 2. The molecule has 0 spiro atoms. The first-order valence-corrected chi connectivity index (χ1v) is 7.98. The highest BCUT2D eigenvalue weighted by atomic mass is 16.5. The molecule has 25 heavy (non-hydrogen) atoms. The molecule has 0 unspecified atom stereocenters. The minimum Gasteiger partial charge on any atom is -0.496 e. The second-order valence-corrected chi connectivity index (χ2v) is 6.00. The molecule has 0 saturated carbocycles. The van der Waals surface area contributed by atoms with E-state index < -0.39 is 12.1 Å². The Bertz CT molecular complexity index is 804. The van der Waals surface area contributed by atoms with Crippen LogP contribution in [0.25, 0.3) is 0 Å². The van der Waals surface area contributed by atoms with Crippen molar-refractivity contribution in [1.29, 1.82) is 0 Å². The molecule has 0 aliphatic heterocycles. The zero-order valence-electron chi connectivity index (χ0n) is 15.1. The number of aliphatic hydroxyl groups is 1. The lowest BCUT2D eigenvalue weighted by atomic mass is 10.1. The number of carbonyl (C=O) groups is 2. The van der Waals surface area contributed by atoms with Crippen LogP contribution >= 0.6 is 0 Å². The van der Waals surface area contributed by atoms with Gasteiger partial charge in [-0.05, 0) is 51.5 Å². The van der Waals surface area contributed by atoms with Crippen LogP contribution in [0, 0.1) is 13.8 Å².